The third kappa shape index (κ3) is 5.02. The van der Waals surface area contributed by atoms with Crippen molar-refractivity contribution in [3.05, 3.63) is 64.7 Å². The van der Waals surface area contributed by atoms with Gasteiger partial charge in [-0.15, -0.1) is 0 Å². The van der Waals surface area contributed by atoms with Crippen LogP contribution >= 0.6 is 11.6 Å². The van der Waals surface area contributed by atoms with E-state index in [0.717, 1.165) is 23.3 Å². The maximum atomic E-state index is 9.20. The number of aliphatic hydroxyl groups excluding tert-OH is 1. The molecular weight excluding hydrogens is 298 g/mol. The molecule has 22 heavy (non-hydrogen) atoms. The lowest BCUT2D eigenvalue weighted by Crippen LogP contribution is -2.31. The van der Waals surface area contributed by atoms with Gasteiger partial charge in [-0.3, -0.25) is 0 Å². The molecule has 2 aromatic rings. The lowest BCUT2D eigenvalue weighted by Gasteiger charge is -2.14. The normalized spacial score (nSPS) is 12.1. The molecule has 2 N–H and O–H groups in total. The van der Waals surface area contributed by atoms with Crippen molar-refractivity contribution in [1.29, 1.82) is 0 Å². The minimum absolute atomic E-state index is 0.132. The molecule has 0 amide bonds. The van der Waals surface area contributed by atoms with Crippen LogP contribution in [0, 0.1) is 0 Å². The van der Waals surface area contributed by atoms with Gasteiger partial charge in [0.2, 0.25) is 0 Å². The Bertz CT molecular complexity index is 585. The van der Waals surface area contributed by atoms with Crippen LogP contribution < -0.4 is 10.1 Å². The molecule has 2 rings (SSSR count). The minimum atomic E-state index is 0.132. The van der Waals surface area contributed by atoms with Gasteiger partial charge in [0.15, 0.2) is 0 Å². The zero-order valence-corrected chi connectivity index (χ0v) is 13.5. The molecule has 118 valence electrons. The third-order valence-electron chi connectivity index (χ3n) is 3.56. The smallest absolute Gasteiger partial charge is 0.120 e. The van der Waals surface area contributed by atoms with E-state index in [1.54, 1.807) is 0 Å². The first kappa shape index (κ1) is 16.8. The third-order valence-corrected chi connectivity index (χ3v) is 3.93. The van der Waals surface area contributed by atoms with Gasteiger partial charge in [-0.1, -0.05) is 48.9 Å². The SMILES string of the molecule is CC[C@H](CO)NCc1cccc(OCc2ccccc2Cl)c1. The van der Waals surface area contributed by atoms with Gasteiger partial charge in [-0.25, -0.2) is 0 Å². The summed E-state index contributed by atoms with van der Waals surface area (Å²) in [5.41, 5.74) is 2.10. The van der Waals surface area contributed by atoms with Gasteiger partial charge in [0.25, 0.3) is 0 Å². The zero-order valence-electron chi connectivity index (χ0n) is 12.8. The van der Waals surface area contributed by atoms with Crippen molar-refractivity contribution in [2.75, 3.05) is 6.61 Å². The number of aliphatic hydroxyl groups is 1. The molecule has 0 aliphatic rings. The Balaban J connectivity index is 1.92. The van der Waals surface area contributed by atoms with E-state index >= 15 is 0 Å². The fraction of sp³-hybridized carbons (Fsp3) is 0.333. The average Bonchev–Trinajstić information content (AvgIpc) is 2.55. The summed E-state index contributed by atoms with van der Waals surface area (Å²) in [6.07, 6.45) is 0.902. The van der Waals surface area contributed by atoms with E-state index in [4.69, 9.17) is 16.3 Å². The highest BCUT2D eigenvalue weighted by atomic mass is 35.5. The topological polar surface area (TPSA) is 41.5 Å². The second kappa shape index (κ2) is 8.79. The fourth-order valence-corrected chi connectivity index (χ4v) is 2.31. The Labute approximate surface area is 136 Å². The Morgan fingerprint density at radius 3 is 2.73 bits per heavy atom. The van der Waals surface area contributed by atoms with E-state index in [1.165, 1.54) is 0 Å². The van der Waals surface area contributed by atoms with Crippen LogP contribution in [0.15, 0.2) is 48.5 Å². The van der Waals surface area contributed by atoms with Crippen LogP contribution in [-0.2, 0) is 13.2 Å². The minimum Gasteiger partial charge on any atom is -0.489 e. The summed E-state index contributed by atoms with van der Waals surface area (Å²) in [6, 6.07) is 15.8. The van der Waals surface area contributed by atoms with E-state index < -0.39 is 0 Å². The molecule has 0 fully saturated rings. The molecule has 0 heterocycles. The van der Waals surface area contributed by atoms with Crippen molar-refractivity contribution in [2.24, 2.45) is 0 Å². The van der Waals surface area contributed by atoms with Crippen LogP contribution in [0.2, 0.25) is 5.02 Å². The first-order valence-electron chi connectivity index (χ1n) is 7.52. The molecule has 0 aliphatic carbocycles. The van der Waals surface area contributed by atoms with Gasteiger partial charge in [0.05, 0.1) is 6.61 Å². The summed E-state index contributed by atoms with van der Waals surface area (Å²) in [5, 5.41) is 13.2. The molecular formula is C18H22ClNO2. The molecule has 0 aliphatic heterocycles. The van der Waals surface area contributed by atoms with Crippen molar-refractivity contribution in [1.82, 2.24) is 5.32 Å². The number of benzene rings is 2. The van der Waals surface area contributed by atoms with E-state index in [2.05, 4.69) is 12.2 Å². The largest absolute Gasteiger partial charge is 0.489 e. The summed E-state index contributed by atoms with van der Waals surface area (Å²) < 4.78 is 5.81. The molecule has 0 radical (unpaired) electrons. The average molecular weight is 320 g/mol. The van der Waals surface area contributed by atoms with Gasteiger partial charge < -0.3 is 15.2 Å². The van der Waals surface area contributed by atoms with E-state index in [-0.39, 0.29) is 12.6 Å². The Kier molecular flexibility index (Phi) is 6.72. The molecule has 0 saturated carbocycles. The summed E-state index contributed by atoms with van der Waals surface area (Å²) >= 11 is 6.12. The number of rotatable bonds is 8. The van der Waals surface area contributed by atoms with Crippen LogP contribution in [-0.4, -0.2) is 17.8 Å². The van der Waals surface area contributed by atoms with E-state index in [9.17, 15) is 5.11 Å². The molecule has 0 unspecified atom stereocenters. The fourth-order valence-electron chi connectivity index (χ4n) is 2.12. The van der Waals surface area contributed by atoms with E-state index in [1.807, 2.05) is 48.5 Å². The quantitative estimate of drug-likeness (QED) is 0.778. The van der Waals surface area contributed by atoms with Crippen LogP contribution in [0.1, 0.15) is 24.5 Å². The van der Waals surface area contributed by atoms with Crippen molar-refractivity contribution in [3.8, 4) is 5.75 Å². The van der Waals surface area contributed by atoms with Gasteiger partial charge in [-0.2, -0.15) is 0 Å². The van der Waals surface area contributed by atoms with Crippen LogP contribution in [0.5, 0.6) is 5.75 Å². The van der Waals surface area contributed by atoms with Gasteiger partial charge >= 0.3 is 0 Å². The molecule has 2 aromatic carbocycles. The molecule has 3 nitrogen and oxygen atoms in total. The molecule has 0 bridgehead atoms. The van der Waals surface area contributed by atoms with Crippen molar-refractivity contribution < 1.29 is 9.84 Å². The zero-order chi connectivity index (χ0) is 15.8. The van der Waals surface area contributed by atoms with Crippen LogP contribution in [0.25, 0.3) is 0 Å². The van der Waals surface area contributed by atoms with Gasteiger partial charge in [0.1, 0.15) is 12.4 Å². The van der Waals surface area contributed by atoms with Crippen molar-refractivity contribution in [2.45, 2.75) is 32.5 Å². The maximum absolute atomic E-state index is 9.20. The number of hydrogen-bond acceptors (Lipinski definition) is 3. The van der Waals surface area contributed by atoms with Crippen molar-refractivity contribution >= 4 is 11.6 Å². The summed E-state index contributed by atoms with van der Waals surface area (Å²) in [7, 11) is 0. The Morgan fingerprint density at radius 1 is 1.18 bits per heavy atom. The maximum Gasteiger partial charge on any atom is 0.120 e. The lowest BCUT2D eigenvalue weighted by molar-refractivity contribution is 0.238. The number of hydrogen-bond donors (Lipinski definition) is 2. The molecule has 0 saturated heterocycles. The van der Waals surface area contributed by atoms with Crippen LogP contribution in [0.3, 0.4) is 0 Å². The molecule has 0 spiro atoms. The predicted octanol–water partition coefficient (Wildman–Crippen LogP) is 3.78. The molecule has 1 atom stereocenters. The summed E-state index contributed by atoms with van der Waals surface area (Å²) in [5.74, 6) is 0.816. The van der Waals surface area contributed by atoms with E-state index in [0.29, 0.717) is 18.2 Å². The standard InChI is InChI=1S/C18H22ClNO2/c1-2-16(12-21)20-11-14-6-5-8-17(10-14)22-13-15-7-3-4-9-18(15)19/h3-10,16,20-21H,2,11-13H2,1H3/t16-/m1/s1. The monoisotopic (exact) mass is 319 g/mol. The lowest BCUT2D eigenvalue weighted by atomic mass is 10.2. The Hall–Kier alpha value is -1.55. The van der Waals surface area contributed by atoms with Crippen molar-refractivity contribution in [3.63, 3.8) is 0 Å². The number of ether oxygens (including phenoxy) is 1. The molecule has 0 aromatic heterocycles. The number of halogens is 1. The highest BCUT2D eigenvalue weighted by Crippen LogP contribution is 2.19. The molecule has 4 heteroatoms. The summed E-state index contributed by atoms with van der Waals surface area (Å²) in [6.45, 7) is 3.36. The summed E-state index contributed by atoms with van der Waals surface area (Å²) in [4.78, 5) is 0. The van der Waals surface area contributed by atoms with Crippen LogP contribution in [0.4, 0.5) is 0 Å². The van der Waals surface area contributed by atoms with Gasteiger partial charge in [-0.05, 0) is 30.2 Å². The second-order valence-electron chi connectivity index (χ2n) is 5.20. The van der Waals surface area contributed by atoms with Gasteiger partial charge in [0, 0.05) is 23.2 Å². The first-order chi connectivity index (χ1) is 10.7. The number of nitrogens with one attached hydrogen (secondary N) is 1. The highest BCUT2D eigenvalue weighted by Gasteiger charge is 2.05. The first-order valence-corrected chi connectivity index (χ1v) is 7.90. The second-order valence-corrected chi connectivity index (χ2v) is 5.60. The predicted molar refractivity (Wildman–Crippen MR) is 90.2 cm³/mol. The highest BCUT2D eigenvalue weighted by molar-refractivity contribution is 6.31. The Morgan fingerprint density at radius 2 is 2.00 bits per heavy atom.